The minimum atomic E-state index is -0.424. The average molecular weight is 293 g/mol. The number of hydrogen-bond acceptors (Lipinski definition) is 4. The lowest BCUT2D eigenvalue weighted by Crippen LogP contribution is -1.98. The highest BCUT2D eigenvalue weighted by Gasteiger charge is 2.04. The van der Waals surface area contributed by atoms with Gasteiger partial charge in [-0.3, -0.25) is 10.1 Å². The molecule has 2 aromatic carbocycles. The molecule has 0 amide bonds. The topological polar surface area (TPSA) is 64.4 Å². The number of non-ortho nitro benzene ring substituents is 1. The average Bonchev–Trinajstić information content (AvgIpc) is 2.47. The molecule has 0 saturated carbocycles. The molecule has 0 aliphatic carbocycles. The second kappa shape index (κ2) is 6.77. The summed E-state index contributed by atoms with van der Waals surface area (Å²) in [5.74, 6) is 1.20. The Bertz CT molecular complexity index is 570. The number of nitrogens with zero attached hydrogens (tertiary/aromatic N) is 1. The van der Waals surface area contributed by atoms with Crippen LogP contribution in [0.3, 0.4) is 0 Å². The van der Waals surface area contributed by atoms with Crippen LogP contribution in [0.25, 0.3) is 0 Å². The van der Waals surface area contributed by atoms with Crippen molar-refractivity contribution in [2.75, 3.05) is 17.8 Å². The van der Waals surface area contributed by atoms with E-state index in [2.05, 4.69) is 5.32 Å². The lowest BCUT2D eigenvalue weighted by molar-refractivity contribution is -0.384. The first-order valence-electron chi connectivity index (χ1n) is 5.99. The molecule has 6 heteroatoms. The quantitative estimate of drug-likeness (QED) is 0.497. The zero-order valence-corrected chi connectivity index (χ0v) is 11.3. The highest BCUT2D eigenvalue weighted by Crippen LogP contribution is 2.22. The van der Waals surface area contributed by atoms with E-state index in [4.69, 9.17) is 16.3 Å². The van der Waals surface area contributed by atoms with Gasteiger partial charge in [-0.25, -0.2) is 0 Å². The molecule has 0 unspecified atom stereocenters. The smallest absolute Gasteiger partial charge is 0.269 e. The Hall–Kier alpha value is -2.27. The summed E-state index contributed by atoms with van der Waals surface area (Å²) in [5.41, 5.74) is 1.72. The van der Waals surface area contributed by atoms with Crippen molar-refractivity contribution in [3.63, 3.8) is 0 Å². The first-order valence-corrected chi connectivity index (χ1v) is 6.53. The Balaban J connectivity index is 2.00. The summed E-state index contributed by atoms with van der Waals surface area (Å²) in [6.07, 6.45) is 0. The van der Waals surface area contributed by atoms with Crippen molar-refractivity contribution >= 4 is 28.7 Å². The second-order valence-corrected chi connectivity index (χ2v) is 4.37. The van der Waals surface area contributed by atoms with Crippen LogP contribution in [-0.2, 0) is 0 Å². The molecule has 0 atom stereocenters. The Morgan fingerprint density at radius 2 is 1.60 bits per heavy atom. The molecule has 0 saturated heterocycles. The summed E-state index contributed by atoms with van der Waals surface area (Å²) in [6.45, 7) is 0.469. The molecule has 104 valence electrons. The molecule has 0 spiro atoms. The van der Waals surface area contributed by atoms with E-state index in [0.717, 1.165) is 17.1 Å². The predicted octanol–water partition coefficient (Wildman–Crippen LogP) is 3.96. The zero-order chi connectivity index (χ0) is 14.4. The van der Waals surface area contributed by atoms with E-state index in [9.17, 15) is 10.1 Å². The molecule has 0 radical (unpaired) electrons. The lowest BCUT2D eigenvalue weighted by atomic mass is 10.2. The largest absolute Gasteiger partial charge is 0.492 e. The van der Waals surface area contributed by atoms with Gasteiger partial charge in [0.2, 0.25) is 0 Å². The van der Waals surface area contributed by atoms with Crippen LogP contribution in [-0.4, -0.2) is 17.4 Å². The number of alkyl halides is 1. The maximum absolute atomic E-state index is 10.6. The predicted molar refractivity (Wildman–Crippen MR) is 79.0 cm³/mol. The Morgan fingerprint density at radius 1 is 1.05 bits per heavy atom. The third-order valence-electron chi connectivity index (χ3n) is 2.57. The van der Waals surface area contributed by atoms with Gasteiger partial charge in [0.25, 0.3) is 5.69 Å². The van der Waals surface area contributed by atoms with Crippen LogP contribution in [0.2, 0.25) is 0 Å². The summed E-state index contributed by atoms with van der Waals surface area (Å²) in [4.78, 5) is 10.1. The SMILES string of the molecule is O=[N+]([O-])c1ccc(Nc2ccc(OCCCl)cc2)cc1. The monoisotopic (exact) mass is 292 g/mol. The van der Waals surface area contributed by atoms with Gasteiger partial charge in [-0.2, -0.15) is 0 Å². The third-order valence-corrected chi connectivity index (χ3v) is 2.72. The van der Waals surface area contributed by atoms with Crippen molar-refractivity contribution in [2.45, 2.75) is 0 Å². The number of rotatable bonds is 6. The van der Waals surface area contributed by atoms with E-state index in [1.54, 1.807) is 12.1 Å². The van der Waals surface area contributed by atoms with E-state index in [0.29, 0.717) is 12.5 Å². The number of halogens is 1. The molecule has 0 aliphatic rings. The molecule has 0 heterocycles. The van der Waals surface area contributed by atoms with Gasteiger partial charge in [0, 0.05) is 23.5 Å². The van der Waals surface area contributed by atoms with E-state index >= 15 is 0 Å². The molecule has 1 N–H and O–H groups in total. The second-order valence-electron chi connectivity index (χ2n) is 3.99. The van der Waals surface area contributed by atoms with Crippen LogP contribution >= 0.6 is 11.6 Å². The van der Waals surface area contributed by atoms with E-state index < -0.39 is 4.92 Å². The first-order chi connectivity index (χ1) is 9.69. The standard InChI is InChI=1S/C14H13ClN2O3/c15-9-10-20-14-7-3-12(4-8-14)16-11-1-5-13(6-2-11)17(18)19/h1-8,16H,9-10H2. The third kappa shape index (κ3) is 3.86. The highest BCUT2D eigenvalue weighted by molar-refractivity contribution is 6.18. The fraction of sp³-hybridized carbons (Fsp3) is 0.143. The number of hydrogen-bond donors (Lipinski definition) is 1. The molecule has 0 aliphatic heterocycles. The molecule has 0 aromatic heterocycles. The summed E-state index contributed by atoms with van der Waals surface area (Å²) in [5, 5.41) is 13.7. The minimum Gasteiger partial charge on any atom is -0.492 e. The Kier molecular flexibility index (Phi) is 4.79. The molecule has 0 fully saturated rings. The molecule has 2 aromatic rings. The summed E-state index contributed by atoms with van der Waals surface area (Å²) < 4.78 is 5.37. The summed E-state index contributed by atoms with van der Waals surface area (Å²) in [6, 6.07) is 13.6. The van der Waals surface area contributed by atoms with E-state index in [1.165, 1.54) is 12.1 Å². The number of nitro groups is 1. The molecule has 5 nitrogen and oxygen atoms in total. The maximum atomic E-state index is 10.6. The molecule has 2 rings (SSSR count). The van der Waals surface area contributed by atoms with Gasteiger partial charge >= 0.3 is 0 Å². The van der Waals surface area contributed by atoms with Crippen LogP contribution in [0.4, 0.5) is 17.1 Å². The number of nitrogens with one attached hydrogen (secondary N) is 1. The van der Waals surface area contributed by atoms with Crippen molar-refractivity contribution in [1.82, 2.24) is 0 Å². The fourth-order valence-corrected chi connectivity index (χ4v) is 1.70. The van der Waals surface area contributed by atoms with E-state index in [1.807, 2.05) is 24.3 Å². The van der Waals surface area contributed by atoms with Crippen molar-refractivity contribution < 1.29 is 9.66 Å². The van der Waals surface area contributed by atoms with Crippen LogP contribution in [0.1, 0.15) is 0 Å². The van der Waals surface area contributed by atoms with Crippen molar-refractivity contribution in [2.24, 2.45) is 0 Å². The first kappa shape index (κ1) is 14.1. The van der Waals surface area contributed by atoms with Crippen LogP contribution in [0, 0.1) is 10.1 Å². The number of anilines is 2. The number of nitro benzene ring substituents is 1. The maximum Gasteiger partial charge on any atom is 0.269 e. The Morgan fingerprint density at radius 3 is 2.10 bits per heavy atom. The summed E-state index contributed by atoms with van der Waals surface area (Å²) in [7, 11) is 0. The van der Waals surface area contributed by atoms with Gasteiger partial charge in [0.05, 0.1) is 10.8 Å². The summed E-state index contributed by atoms with van der Waals surface area (Å²) >= 11 is 5.54. The fourth-order valence-electron chi connectivity index (χ4n) is 1.62. The molecular formula is C14H13ClN2O3. The molecule has 0 bridgehead atoms. The number of ether oxygens (including phenoxy) is 1. The highest BCUT2D eigenvalue weighted by atomic mass is 35.5. The van der Waals surface area contributed by atoms with Gasteiger partial charge < -0.3 is 10.1 Å². The van der Waals surface area contributed by atoms with Crippen LogP contribution in [0.5, 0.6) is 5.75 Å². The lowest BCUT2D eigenvalue weighted by Gasteiger charge is -2.08. The normalized spacial score (nSPS) is 10.1. The van der Waals surface area contributed by atoms with Crippen molar-refractivity contribution in [3.8, 4) is 5.75 Å². The van der Waals surface area contributed by atoms with E-state index in [-0.39, 0.29) is 5.69 Å². The number of benzene rings is 2. The van der Waals surface area contributed by atoms with Crippen molar-refractivity contribution in [3.05, 3.63) is 58.6 Å². The van der Waals surface area contributed by atoms with Gasteiger partial charge in [-0.15, -0.1) is 11.6 Å². The van der Waals surface area contributed by atoms with Crippen LogP contribution in [0.15, 0.2) is 48.5 Å². The van der Waals surface area contributed by atoms with Gasteiger partial charge in [-0.1, -0.05) is 0 Å². The zero-order valence-electron chi connectivity index (χ0n) is 10.6. The molecular weight excluding hydrogens is 280 g/mol. The van der Waals surface area contributed by atoms with Gasteiger partial charge in [0.15, 0.2) is 0 Å². The van der Waals surface area contributed by atoms with Gasteiger partial charge in [-0.05, 0) is 36.4 Å². The molecule has 20 heavy (non-hydrogen) atoms. The van der Waals surface area contributed by atoms with Gasteiger partial charge in [0.1, 0.15) is 12.4 Å². The van der Waals surface area contributed by atoms with Crippen LogP contribution < -0.4 is 10.1 Å². The van der Waals surface area contributed by atoms with Crippen molar-refractivity contribution in [1.29, 1.82) is 0 Å². The minimum absolute atomic E-state index is 0.0698. The Labute approximate surface area is 121 Å².